The van der Waals surface area contributed by atoms with Gasteiger partial charge in [-0.25, -0.2) is 0 Å². The summed E-state index contributed by atoms with van der Waals surface area (Å²) in [5.74, 6) is 1.22. The van der Waals surface area contributed by atoms with Crippen molar-refractivity contribution in [2.24, 2.45) is 5.92 Å². The van der Waals surface area contributed by atoms with Crippen LogP contribution in [0.1, 0.15) is 25.0 Å². The molecule has 0 fully saturated rings. The quantitative estimate of drug-likeness (QED) is 0.783. The molecule has 0 bridgehead atoms. The van der Waals surface area contributed by atoms with Crippen molar-refractivity contribution in [3.05, 3.63) is 59.7 Å². The smallest absolute Gasteiger partial charge is 0.321 e. The number of carbonyl (C=O) groups excluding carboxylic acids is 1. The first-order valence-electron chi connectivity index (χ1n) is 7.07. The van der Waals surface area contributed by atoms with E-state index in [1.54, 1.807) is 0 Å². The Labute approximate surface area is 124 Å². The van der Waals surface area contributed by atoms with Gasteiger partial charge in [0.25, 0.3) is 0 Å². The molecule has 0 atom stereocenters. The summed E-state index contributed by atoms with van der Waals surface area (Å²) in [4.78, 5) is 12.8. The minimum atomic E-state index is -0.833. The van der Waals surface area contributed by atoms with Crippen LogP contribution in [0.5, 0.6) is 11.5 Å². The van der Waals surface area contributed by atoms with Gasteiger partial charge in [0.05, 0.1) is 7.11 Å². The van der Waals surface area contributed by atoms with Crippen LogP contribution in [-0.2, 0) is 14.9 Å². The lowest BCUT2D eigenvalue weighted by Gasteiger charge is -2.40. The highest BCUT2D eigenvalue weighted by Crippen LogP contribution is 2.52. The molecule has 1 aliphatic heterocycles. The van der Waals surface area contributed by atoms with E-state index in [9.17, 15) is 4.79 Å². The molecular formula is C18H18O3. The van der Waals surface area contributed by atoms with Gasteiger partial charge < -0.3 is 9.47 Å². The third-order valence-corrected chi connectivity index (χ3v) is 4.22. The summed E-state index contributed by atoms with van der Waals surface area (Å²) in [6.07, 6.45) is 0. The molecule has 3 rings (SSSR count). The highest BCUT2D eigenvalue weighted by molar-refractivity contribution is 5.91. The maximum Gasteiger partial charge on any atom is 0.321 e. The van der Waals surface area contributed by atoms with Crippen LogP contribution in [-0.4, -0.2) is 13.1 Å². The molecule has 0 saturated carbocycles. The summed E-state index contributed by atoms with van der Waals surface area (Å²) in [6, 6.07) is 15.4. The SMILES string of the molecule is COC(=O)C1(C(C)C)c2ccccc2Oc2ccccc21. The third-order valence-electron chi connectivity index (χ3n) is 4.22. The molecule has 0 N–H and O–H groups in total. The van der Waals surface area contributed by atoms with Crippen LogP contribution >= 0.6 is 0 Å². The minimum absolute atomic E-state index is 0.0381. The second kappa shape index (κ2) is 4.92. The Balaban J connectivity index is 2.39. The molecule has 3 nitrogen and oxygen atoms in total. The Kier molecular flexibility index (Phi) is 3.20. The molecular weight excluding hydrogens is 264 g/mol. The van der Waals surface area contributed by atoms with Crippen LogP contribution in [0.15, 0.2) is 48.5 Å². The number of benzene rings is 2. The Morgan fingerprint density at radius 2 is 1.48 bits per heavy atom. The zero-order chi connectivity index (χ0) is 15.0. The van der Waals surface area contributed by atoms with E-state index in [4.69, 9.17) is 9.47 Å². The lowest BCUT2D eigenvalue weighted by molar-refractivity contribution is -0.147. The van der Waals surface area contributed by atoms with Crippen molar-refractivity contribution in [1.82, 2.24) is 0 Å². The van der Waals surface area contributed by atoms with E-state index in [0.717, 1.165) is 22.6 Å². The number of para-hydroxylation sites is 2. The van der Waals surface area contributed by atoms with Crippen molar-refractivity contribution in [3.63, 3.8) is 0 Å². The van der Waals surface area contributed by atoms with Gasteiger partial charge in [0.1, 0.15) is 16.9 Å². The Morgan fingerprint density at radius 3 is 1.90 bits per heavy atom. The molecule has 1 aliphatic rings. The van der Waals surface area contributed by atoms with Gasteiger partial charge in [0.15, 0.2) is 0 Å². The van der Waals surface area contributed by atoms with E-state index in [0.29, 0.717) is 0 Å². The number of carbonyl (C=O) groups is 1. The number of methoxy groups -OCH3 is 1. The largest absolute Gasteiger partial charge is 0.468 e. The maximum atomic E-state index is 12.8. The standard InChI is InChI=1S/C18H18O3/c1-12(2)18(17(19)20-3)13-8-4-6-10-15(13)21-16-11-7-5-9-14(16)18/h4-12H,1-3H3. The summed E-state index contributed by atoms with van der Waals surface area (Å²) in [5, 5.41) is 0. The zero-order valence-corrected chi connectivity index (χ0v) is 12.4. The highest BCUT2D eigenvalue weighted by atomic mass is 16.5. The van der Waals surface area contributed by atoms with E-state index in [2.05, 4.69) is 0 Å². The molecule has 1 heterocycles. The van der Waals surface area contributed by atoms with E-state index in [1.807, 2.05) is 62.4 Å². The molecule has 0 aromatic heterocycles. The molecule has 2 aromatic carbocycles. The number of hydrogen-bond donors (Lipinski definition) is 0. The van der Waals surface area contributed by atoms with Crippen LogP contribution in [0, 0.1) is 5.92 Å². The van der Waals surface area contributed by atoms with Crippen molar-refractivity contribution >= 4 is 5.97 Å². The normalized spacial score (nSPS) is 14.9. The van der Waals surface area contributed by atoms with Crippen molar-refractivity contribution in [1.29, 1.82) is 0 Å². The molecule has 0 saturated heterocycles. The van der Waals surface area contributed by atoms with Crippen molar-refractivity contribution in [2.75, 3.05) is 7.11 Å². The fourth-order valence-electron chi connectivity index (χ4n) is 3.26. The summed E-state index contributed by atoms with van der Waals surface area (Å²) in [5.41, 5.74) is 0.899. The van der Waals surface area contributed by atoms with E-state index in [-0.39, 0.29) is 11.9 Å². The number of fused-ring (bicyclic) bond motifs is 2. The van der Waals surface area contributed by atoms with Gasteiger partial charge in [-0.05, 0) is 18.1 Å². The van der Waals surface area contributed by atoms with Gasteiger partial charge in [0, 0.05) is 11.1 Å². The van der Waals surface area contributed by atoms with Gasteiger partial charge >= 0.3 is 5.97 Å². The van der Waals surface area contributed by atoms with Gasteiger partial charge in [-0.3, -0.25) is 4.79 Å². The van der Waals surface area contributed by atoms with E-state index < -0.39 is 5.41 Å². The number of ether oxygens (including phenoxy) is 2. The van der Waals surface area contributed by atoms with Gasteiger partial charge in [-0.1, -0.05) is 50.2 Å². The average Bonchev–Trinajstić information content (AvgIpc) is 2.51. The molecule has 0 unspecified atom stereocenters. The first-order valence-corrected chi connectivity index (χ1v) is 7.07. The van der Waals surface area contributed by atoms with Crippen molar-refractivity contribution < 1.29 is 14.3 Å². The van der Waals surface area contributed by atoms with Gasteiger partial charge in [0.2, 0.25) is 0 Å². The van der Waals surface area contributed by atoms with Gasteiger partial charge in [-0.2, -0.15) is 0 Å². The number of rotatable bonds is 2. The van der Waals surface area contributed by atoms with Crippen LogP contribution in [0.25, 0.3) is 0 Å². The third kappa shape index (κ3) is 1.77. The fraction of sp³-hybridized carbons (Fsp3) is 0.278. The molecule has 0 spiro atoms. The molecule has 3 heteroatoms. The van der Waals surface area contributed by atoms with Crippen LogP contribution in [0.3, 0.4) is 0 Å². The predicted octanol–water partition coefficient (Wildman–Crippen LogP) is 3.91. The number of esters is 1. The maximum absolute atomic E-state index is 12.8. The Bertz CT molecular complexity index is 643. The van der Waals surface area contributed by atoms with Crippen molar-refractivity contribution in [2.45, 2.75) is 19.3 Å². The first-order chi connectivity index (χ1) is 10.1. The second-order valence-electron chi connectivity index (χ2n) is 5.55. The average molecular weight is 282 g/mol. The Hall–Kier alpha value is -2.29. The van der Waals surface area contributed by atoms with Crippen LogP contribution < -0.4 is 4.74 Å². The van der Waals surface area contributed by atoms with Crippen LogP contribution in [0.2, 0.25) is 0 Å². The molecule has 0 radical (unpaired) electrons. The summed E-state index contributed by atoms with van der Waals surface area (Å²) in [6.45, 7) is 4.08. The summed E-state index contributed by atoms with van der Waals surface area (Å²) in [7, 11) is 1.44. The highest BCUT2D eigenvalue weighted by Gasteiger charge is 2.51. The monoisotopic (exact) mass is 282 g/mol. The first kappa shape index (κ1) is 13.7. The minimum Gasteiger partial charge on any atom is -0.468 e. The van der Waals surface area contributed by atoms with E-state index in [1.165, 1.54) is 7.11 Å². The summed E-state index contributed by atoms with van der Waals surface area (Å²) >= 11 is 0. The lowest BCUT2D eigenvalue weighted by atomic mass is 9.65. The zero-order valence-electron chi connectivity index (χ0n) is 12.4. The predicted molar refractivity (Wildman–Crippen MR) is 80.6 cm³/mol. The van der Waals surface area contributed by atoms with E-state index >= 15 is 0 Å². The van der Waals surface area contributed by atoms with Crippen LogP contribution in [0.4, 0.5) is 0 Å². The lowest BCUT2D eigenvalue weighted by Crippen LogP contribution is -2.45. The summed E-state index contributed by atoms with van der Waals surface area (Å²) < 4.78 is 11.1. The molecule has 108 valence electrons. The Morgan fingerprint density at radius 1 is 1.00 bits per heavy atom. The molecule has 21 heavy (non-hydrogen) atoms. The molecule has 0 amide bonds. The topological polar surface area (TPSA) is 35.5 Å². The second-order valence-corrected chi connectivity index (χ2v) is 5.55. The molecule has 2 aromatic rings. The number of hydrogen-bond acceptors (Lipinski definition) is 3. The fourth-order valence-corrected chi connectivity index (χ4v) is 3.26. The molecule has 0 aliphatic carbocycles. The van der Waals surface area contributed by atoms with Crippen molar-refractivity contribution in [3.8, 4) is 11.5 Å². The van der Waals surface area contributed by atoms with Gasteiger partial charge in [-0.15, -0.1) is 0 Å².